The van der Waals surface area contributed by atoms with Gasteiger partial charge in [-0.3, -0.25) is 9.59 Å². The smallest absolute Gasteiger partial charge is 0.272 e. The Morgan fingerprint density at radius 1 is 0.893 bits per heavy atom. The van der Waals surface area contributed by atoms with Crippen LogP contribution in [0.2, 0.25) is 0 Å². The second-order valence-electron chi connectivity index (χ2n) is 6.28. The predicted molar refractivity (Wildman–Crippen MR) is 114 cm³/mol. The molecule has 0 N–H and O–H groups in total. The van der Waals surface area contributed by atoms with Gasteiger partial charge in [-0.05, 0) is 23.3 Å². The Balaban J connectivity index is 1.90. The van der Waals surface area contributed by atoms with Gasteiger partial charge in [0.1, 0.15) is 5.75 Å². The summed E-state index contributed by atoms with van der Waals surface area (Å²) in [6.07, 6.45) is 0. The van der Waals surface area contributed by atoms with Crippen molar-refractivity contribution in [2.75, 3.05) is 17.8 Å². The topological polar surface area (TPSA) is 46.6 Å². The molecular formula is C23H19NO3S. The van der Waals surface area contributed by atoms with Crippen molar-refractivity contribution in [2.45, 2.75) is 6.92 Å². The lowest BCUT2D eigenvalue weighted by molar-refractivity contribution is -0.119. The van der Waals surface area contributed by atoms with Crippen LogP contribution >= 0.6 is 11.8 Å². The number of amides is 2. The van der Waals surface area contributed by atoms with E-state index in [2.05, 4.69) is 0 Å². The van der Waals surface area contributed by atoms with Gasteiger partial charge >= 0.3 is 0 Å². The van der Waals surface area contributed by atoms with Crippen LogP contribution in [0.25, 0.3) is 16.3 Å². The third kappa shape index (κ3) is 2.88. The zero-order valence-corrected chi connectivity index (χ0v) is 16.5. The zero-order chi connectivity index (χ0) is 19.7. The van der Waals surface area contributed by atoms with Crippen LogP contribution in [0.15, 0.2) is 71.6 Å². The highest BCUT2D eigenvalue weighted by atomic mass is 32.2. The Morgan fingerprint density at radius 2 is 1.61 bits per heavy atom. The van der Waals surface area contributed by atoms with Crippen molar-refractivity contribution in [3.63, 3.8) is 0 Å². The summed E-state index contributed by atoms with van der Waals surface area (Å²) < 4.78 is 5.45. The van der Waals surface area contributed by atoms with E-state index in [0.717, 1.165) is 10.8 Å². The van der Waals surface area contributed by atoms with Gasteiger partial charge in [0.2, 0.25) is 0 Å². The zero-order valence-electron chi connectivity index (χ0n) is 15.6. The molecule has 1 aliphatic heterocycles. The van der Waals surface area contributed by atoms with Gasteiger partial charge < -0.3 is 4.74 Å². The number of carbonyl (C=O) groups excluding carboxylic acids is 2. The Morgan fingerprint density at radius 3 is 2.39 bits per heavy atom. The lowest BCUT2D eigenvalue weighted by atomic mass is 10.0. The van der Waals surface area contributed by atoms with Crippen LogP contribution in [-0.2, 0) is 9.59 Å². The van der Waals surface area contributed by atoms with Crippen LogP contribution in [0.5, 0.6) is 5.75 Å². The molecule has 4 rings (SSSR count). The first-order valence-corrected chi connectivity index (χ1v) is 10.0. The molecule has 28 heavy (non-hydrogen) atoms. The molecule has 5 heteroatoms. The normalized spacial score (nSPS) is 14.3. The molecule has 0 saturated heterocycles. The summed E-state index contributed by atoms with van der Waals surface area (Å²) >= 11 is 1.39. The number of thioether (sulfide) groups is 1. The van der Waals surface area contributed by atoms with Gasteiger partial charge in [0.15, 0.2) is 0 Å². The largest absolute Gasteiger partial charge is 0.496 e. The molecule has 0 saturated carbocycles. The van der Waals surface area contributed by atoms with E-state index in [4.69, 9.17) is 4.74 Å². The van der Waals surface area contributed by atoms with Crippen molar-refractivity contribution in [3.05, 3.63) is 77.2 Å². The van der Waals surface area contributed by atoms with E-state index in [-0.39, 0.29) is 11.8 Å². The maximum absolute atomic E-state index is 13.5. The molecule has 0 bridgehead atoms. The maximum Gasteiger partial charge on any atom is 0.272 e. The quantitative estimate of drug-likeness (QED) is 0.583. The second-order valence-corrected chi connectivity index (χ2v) is 7.56. The van der Waals surface area contributed by atoms with Gasteiger partial charge in [-0.15, -0.1) is 11.8 Å². The standard InChI is InChI=1S/C23H19NO3S/c1-3-28-21-20(17-12-6-7-14-19(17)27-2)22(25)24(23(21)26)18-13-8-10-15-9-4-5-11-16(15)18/h4-14H,3H2,1-2H3. The number of hydrogen-bond acceptors (Lipinski definition) is 4. The number of nitrogens with zero attached hydrogens (tertiary/aromatic N) is 1. The molecule has 3 aromatic rings. The lowest BCUT2D eigenvalue weighted by Crippen LogP contribution is -2.31. The van der Waals surface area contributed by atoms with Crippen LogP contribution in [0.3, 0.4) is 0 Å². The van der Waals surface area contributed by atoms with Crippen LogP contribution in [0.1, 0.15) is 12.5 Å². The Kier molecular flexibility index (Phi) is 4.92. The van der Waals surface area contributed by atoms with Crippen LogP contribution in [-0.4, -0.2) is 24.7 Å². The average Bonchev–Trinajstić information content (AvgIpc) is 2.97. The molecule has 0 aromatic heterocycles. The molecule has 0 fully saturated rings. The van der Waals surface area contributed by atoms with E-state index < -0.39 is 0 Å². The Labute approximate surface area is 167 Å². The first-order valence-electron chi connectivity index (χ1n) is 9.04. The highest BCUT2D eigenvalue weighted by molar-refractivity contribution is 8.04. The van der Waals surface area contributed by atoms with Gasteiger partial charge in [0, 0.05) is 10.9 Å². The second kappa shape index (κ2) is 7.52. The molecule has 4 nitrogen and oxygen atoms in total. The number of para-hydroxylation sites is 1. The van der Waals surface area contributed by atoms with Crippen molar-refractivity contribution >= 4 is 45.6 Å². The van der Waals surface area contributed by atoms with E-state index >= 15 is 0 Å². The molecule has 0 aliphatic carbocycles. The number of rotatable bonds is 5. The molecule has 0 unspecified atom stereocenters. The van der Waals surface area contributed by atoms with Crippen molar-refractivity contribution < 1.29 is 14.3 Å². The molecule has 0 radical (unpaired) electrons. The molecule has 1 heterocycles. The summed E-state index contributed by atoms with van der Waals surface area (Å²) in [4.78, 5) is 28.6. The molecule has 1 aliphatic rings. The predicted octanol–water partition coefficient (Wildman–Crippen LogP) is 4.89. The highest BCUT2D eigenvalue weighted by Gasteiger charge is 2.41. The molecule has 0 spiro atoms. The van der Waals surface area contributed by atoms with Gasteiger partial charge in [-0.25, -0.2) is 4.90 Å². The highest BCUT2D eigenvalue weighted by Crippen LogP contribution is 2.42. The summed E-state index contributed by atoms with van der Waals surface area (Å²) in [6.45, 7) is 1.97. The molecule has 140 valence electrons. The summed E-state index contributed by atoms with van der Waals surface area (Å²) in [7, 11) is 1.57. The summed E-state index contributed by atoms with van der Waals surface area (Å²) in [6, 6.07) is 20.7. The minimum Gasteiger partial charge on any atom is -0.496 e. The number of methoxy groups -OCH3 is 1. The Bertz CT molecular complexity index is 1110. The number of anilines is 1. The fourth-order valence-corrected chi connectivity index (χ4v) is 4.34. The van der Waals surface area contributed by atoms with E-state index in [1.54, 1.807) is 13.2 Å². The SMILES string of the molecule is CCSC1=C(c2ccccc2OC)C(=O)N(c2cccc3ccccc23)C1=O. The molecular weight excluding hydrogens is 370 g/mol. The van der Waals surface area contributed by atoms with Crippen molar-refractivity contribution in [1.82, 2.24) is 0 Å². The number of imide groups is 1. The first kappa shape index (κ1) is 18.3. The van der Waals surface area contributed by atoms with E-state index in [1.165, 1.54) is 16.7 Å². The van der Waals surface area contributed by atoms with Crippen LogP contribution in [0, 0.1) is 0 Å². The van der Waals surface area contributed by atoms with Crippen molar-refractivity contribution in [2.24, 2.45) is 0 Å². The first-order chi connectivity index (χ1) is 13.7. The minimum atomic E-state index is -0.318. The van der Waals surface area contributed by atoms with E-state index in [0.29, 0.717) is 33.2 Å². The number of carbonyl (C=O) groups is 2. The summed E-state index contributed by atoms with van der Waals surface area (Å²) in [5.74, 6) is 0.666. The van der Waals surface area contributed by atoms with Gasteiger partial charge in [-0.2, -0.15) is 0 Å². The van der Waals surface area contributed by atoms with Crippen LogP contribution in [0.4, 0.5) is 5.69 Å². The maximum atomic E-state index is 13.5. The summed E-state index contributed by atoms with van der Waals surface area (Å²) in [5.41, 5.74) is 1.65. The fourth-order valence-electron chi connectivity index (χ4n) is 3.50. The van der Waals surface area contributed by atoms with Gasteiger partial charge in [0.25, 0.3) is 11.8 Å². The summed E-state index contributed by atoms with van der Waals surface area (Å²) in [5, 5.41) is 1.85. The molecule has 2 amide bonds. The van der Waals surface area contributed by atoms with Gasteiger partial charge in [-0.1, -0.05) is 61.5 Å². The minimum absolute atomic E-state index is 0.283. The third-order valence-corrected chi connectivity index (χ3v) is 5.67. The van der Waals surface area contributed by atoms with E-state index in [9.17, 15) is 9.59 Å². The molecule has 3 aromatic carbocycles. The number of benzene rings is 3. The number of hydrogen-bond donors (Lipinski definition) is 0. The van der Waals surface area contributed by atoms with Crippen molar-refractivity contribution in [3.8, 4) is 5.75 Å². The number of ether oxygens (including phenoxy) is 1. The number of fused-ring (bicyclic) bond motifs is 1. The van der Waals surface area contributed by atoms with E-state index in [1.807, 2.05) is 67.6 Å². The monoisotopic (exact) mass is 389 g/mol. The van der Waals surface area contributed by atoms with Crippen molar-refractivity contribution in [1.29, 1.82) is 0 Å². The third-order valence-electron chi connectivity index (χ3n) is 4.71. The van der Waals surface area contributed by atoms with Crippen LogP contribution < -0.4 is 9.64 Å². The average molecular weight is 389 g/mol. The lowest BCUT2D eigenvalue weighted by Gasteiger charge is -2.18. The van der Waals surface area contributed by atoms with Gasteiger partial charge in [0.05, 0.1) is 23.3 Å². The Hall–Kier alpha value is -3.05. The molecule has 0 atom stereocenters. The fraction of sp³-hybridized carbons (Fsp3) is 0.130.